The minimum absolute atomic E-state index is 0.0204. The highest BCUT2D eigenvalue weighted by Gasteiger charge is 2.24. The van der Waals surface area contributed by atoms with Crippen molar-refractivity contribution in [1.29, 1.82) is 0 Å². The van der Waals surface area contributed by atoms with Crippen LogP contribution in [0.2, 0.25) is 0 Å². The van der Waals surface area contributed by atoms with Crippen LogP contribution in [0.4, 0.5) is 9.59 Å². The van der Waals surface area contributed by atoms with Crippen molar-refractivity contribution in [2.45, 2.75) is 102 Å². The molecule has 2 atom stereocenters. The van der Waals surface area contributed by atoms with Gasteiger partial charge in [0.2, 0.25) is 23.6 Å². The molecule has 0 saturated carbocycles. The Bertz CT molecular complexity index is 2370. The second-order valence-corrected chi connectivity index (χ2v) is 25.7. The lowest BCUT2D eigenvalue weighted by molar-refractivity contribution is -0.137. The SMILES string of the molecule is O=C(CCOCCOCCOCCOCCNC(=O)OC1CC/C=C/CCC1)NCCOCCOCCOCCN(CCOCCOCCOCCNC(=O)CCOCCOCCOCCOCCNC(=O)OC1CC/C=C/CCC1)C(=O)CCOCCOCCOCCOCCOCCOCCNC(=O)CCN1C(=O)C=CC1=O. The monoisotopic (exact) mass is 1650 g/mol. The van der Waals surface area contributed by atoms with Crippen molar-refractivity contribution in [3.8, 4) is 0 Å². The van der Waals surface area contributed by atoms with Crippen molar-refractivity contribution in [1.82, 2.24) is 36.4 Å². The summed E-state index contributed by atoms with van der Waals surface area (Å²) in [5, 5.41) is 13.7. The number of carbonyl (C=O) groups excluding carboxylic acids is 8. The maximum absolute atomic E-state index is 13.4. The summed E-state index contributed by atoms with van der Waals surface area (Å²) in [6, 6.07) is 0. The number of ether oxygens (including phenoxy) is 22. The molecular weight excluding hydrogens is 1510 g/mol. The van der Waals surface area contributed by atoms with Gasteiger partial charge in [-0.25, -0.2) is 9.59 Å². The standard InChI is InChI=1S/C78H137N7O30/c86-71(17-26-85-75(90)15-16-76(85)91)79-21-32-97-44-54-109-64-66-113-68-67-112-65-61-106-51-41-96-31-20-74(89)84(27-37-102-47-57-107-52-42-98-33-22-80-72(87)18-29-94-39-49-104-59-62-110-55-45-100-35-24-82-77(92)114-69-11-7-3-1-4-8-12-69)28-38-103-48-58-108-53-43-99-34-23-81-73(88)19-30-95-40-50-105-60-63-111-56-46-101-36-25-83-78(93)115-70-13-9-5-2-6-10-14-70/h1-3,5,15-16,69-70H,4,6-14,17-68H2,(H,79,86)(H,80,87)(H,81,88)(H,82,92)(H,83,93)/b3-1+,5-2+. The van der Waals surface area contributed by atoms with Crippen molar-refractivity contribution < 1.29 is 143 Å². The van der Waals surface area contributed by atoms with Crippen LogP contribution in [0, 0.1) is 0 Å². The summed E-state index contributed by atoms with van der Waals surface area (Å²) in [4.78, 5) is 99.7. The van der Waals surface area contributed by atoms with Gasteiger partial charge in [-0.2, -0.15) is 0 Å². The number of rotatable bonds is 80. The van der Waals surface area contributed by atoms with E-state index in [9.17, 15) is 38.4 Å². The van der Waals surface area contributed by atoms with Crippen molar-refractivity contribution in [3.63, 3.8) is 0 Å². The third kappa shape index (κ3) is 67.6. The van der Waals surface area contributed by atoms with Crippen LogP contribution in [-0.4, -0.2) is 386 Å². The van der Waals surface area contributed by atoms with Crippen LogP contribution in [0.25, 0.3) is 0 Å². The third-order valence-electron chi connectivity index (χ3n) is 16.5. The van der Waals surface area contributed by atoms with Gasteiger partial charge in [0.05, 0.1) is 271 Å². The first-order chi connectivity index (χ1) is 56.6. The van der Waals surface area contributed by atoms with E-state index in [1.807, 2.05) is 0 Å². The lowest BCUT2D eigenvalue weighted by Gasteiger charge is -2.23. The Hall–Kier alpha value is -6.02. The first kappa shape index (κ1) is 103. The zero-order chi connectivity index (χ0) is 82.1. The molecule has 2 unspecified atom stereocenters. The zero-order valence-electron chi connectivity index (χ0n) is 68.1. The van der Waals surface area contributed by atoms with E-state index >= 15 is 0 Å². The molecule has 0 aromatic rings. The van der Waals surface area contributed by atoms with Gasteiger partial charge < -0.3 is 136 Å². The smallest absolute Gasteiger partial charge is 0.407 e. The maximum Gasteiger partial charge on any atom is 0.407 e. The third-order valence-corrected chi connectivity index (χ3v) is 16.5. The zero-order valence-corrected chi connectivity index (χ0v) is 68.1. The number of imide groups is 1. The van der Waals surface area contributed by atoms with Crippen LogP contribution in [0.5, 0.6) is 0 Å². The Balaban J connectivity index is 1.13. The molecule has 3 rings (SSSR count). The Kier molecular flexibility index (Phi) is 71.0. The molecule has 3 aliphatic rings. The number of allylic oxidation sites excluding steroid dienone is 4. The molecule has 37 heteroatoms. The quantitative estimate of drug-likeness (QED) is 0.0331. The molecule has 37 nitrogen and oxygen atoms in total. The number of alkyl carbamates (subject to hydrolysis) is 2. The highest BCUT2D eigenvalue weighted by Crippen LogP contribution is 2.17. The number of nitrogens with one attached hydrogen (secondary N) is 5. The lowest BCUT2D eigenvalue weighted by atomic mass is 10.0. The Morgan fingerprint density at radius 1 is 0.287 bits per heavy atom. The van der Waals surface area contributed by atoms with Gasteiger partial charge in [-0.05, 0) is 64.2 Å². The van der Waals surface area contributed by atoms with Gasteiger partial charge in [0.25, 0.3) is 11.8 Å². The maximum atomic E-state index is 13.4. The van der Waals surface area contributed by atoms with Crippen molar-refractivity contribution in [3.05, 3.63) is 36.5 Å². The average molecular weight is 1650 g/mol. The largest absolute Gasteiger partial charge is 0.446 e. The number of hydrogen-bond donors (Lipinski definition) is 5. The molecule has 1 heterocycles. The van der Waals surface area contributed by atoms with E-state index in [4.69, 9.17) is 104 Å². The van der Waals surface area contributed by atoms with Gasteiger partial charge in [-0.3, -0.25) is 33.7 Å². The summed E-state index contributed by atoms with van der Waals surface area (Å²) in [7, 11) is 0. The molecule has 2 aliphatic carbocycles. The Labute approximate surface area is 679 Å². The van der Waals surface area contributed by atoms with E-state index < -0.39 is 24.0 Å². The molecule has 0 spiro atoms. The number of amides is 8. The second kappa shape index (κ2) is 79.1. The van der Waals surface area contributed by atoms with Crippen LogP contribution in [0.3, 0.4) is 0 Å². The lowest BCUT2D eigenvalue weighted by Crippen LogP contribution is -2.37. The number of hydrogen-bond acceptors (Lipinski definition) is 30. The van der Waals surface area contributed by atoms with Gasteiger partial charge in [-0.1, -0.05) is 24.3 Å². The Morgan fingerprint density at radius 3 is 0.835 bits per heavy atom. The summed E-state index contributed by atoms with van der Waals surface area (Å²) in [6.07, 6.45) is 20.0. The van der Waals surface area contributed by atoms with Crippen LogP contribution in [0.1, 0.15) is 89.9 Å². The fourth-order valence-corrected chi connectivity index (χ4v) is 10.4. The van der Waals surface area contributed by atoms with E-state index in [0.29, 0.717) is 277 Å². The van der Waals surface area contributed by atoms with Gasteiger partial charge in [0, 0.05) is 83.8 Å². The topological polar surface area (TPSA) is 406 Å². The van der Waals surface area contributed by atoms with Crippen molar-refractivity contribution >= 4 is 47.6 Å². The summed E-state index contributed by atoms with van der Waals surface area (Å²) in [6.45, 7) is 16.1. The van der Waals surface area contributed by atoms with Crippen LogP contribution >= 0.6 is 0 Å². The summed E-state index contributed by atoms with van der Waals surface area (Å²) in [5.41, 5.74) is 0. The van der Waals surface area contributed by atoms with Crippen LogP contribution in [-0.2, 0) is 133 Å². The van der Waals surface area contributed by atoms with E-state index in [0.717, 1.165) is 69.1 Å². The van der Waals surface area contributed by atoms with E-state index in [1.165, 1.54) is 12.2 Å². The molecule has 1 aliphatic heterocycles. The minimum atomic E-state index is -0.419. The first-order valence-corrected chi connectivity index (χ1v) is 41.0. The molecule has 0 fully saturated rings. The molecule has 8 amide bonds. The first-order valence-electron chi connectivity index (χ1n) is 41.0. The fraction of sp³-hybridized carbons (Fsp3) is 0.821. The van der Waals surface area contributed by atoms with Crippen molar-refractivity contribution in [2.75, 3.05) is 317 Å². The van der Waals surface area contributed by atoms with Crippen LogP contribution < -0.4 is 26.6 Å². The molecule has 0 saturated heterocycles. The minimum Gasteiger partial charge on any atom is -0.446 e. The molecule has 0 aromatic carbocycles. The predicted octanol–water partition coefficient (Wildman–Crippen LogP) is 2.21. The van der Waals surface area contributed by atoms with E-state index in [-0.39, 0.29) is 101 Å². The van der Waals surface area contributed by atoms with Crippen LogP contribution in [0.15, 0.2) is 36.5 Å². The molecule has 0 bridgehead atoms. The van der Waals surface area contributed by atoms with Gasteiger partial charge in [-0.15, -0.1) is 0 Å². The molecular formula is C78H137N7O30. The van der Waals surface area contributed by atoms with Gasteiger partial charge >= 0.3 is 12.2 Å². The van der Waals surface area contributed by atoms with Crippen molar-refractivity contribution in [2.24, 2.45) is 0 Å². The normalized spacial score (nSPS) is 15.5. The molecule has 664 valence electrons. The summed E-state index contributed by atoms with van der Waals surface area (Å²) < 4.78 is 123. The average Bonchev–Trinajstić information content (AvgIpc) is 1.74. The van der Waals surface area contributed by atoms with E-state index in [1.54, 1.807) is 4.90 Å². The summed E-state index contributed by atoms with van der Waals surface area (Å²) >= 11 is 0. The highest BCUT2D eigenvalue weighted by molar-refractivity contribution is 6.13. The number of nitrogens with zero attached hydrogens (tertiary/aromatic N) is 2. The predicted molar refractivity (Wildman–Crippen MR) is 417 cm³/mol. The molecule has 115 heavy (non-hydrogen) atoms. The van der Waals surface area contributed by atoms with E-state index in [2.05, 4.69) is 50.9 Å². The fourth-order valence-electron chi connectivity index (χ4n) is 10.4. The summed E-state index contributed by atoms with van der Waals surface area (Å²) in [5.74, 6) is -1.54. The second-order valence-electron chi connectivity index (χ2n) is 25.7. The highest BCUT2D eigenvalue weighted by atomic mass is 16.6. The molecule has 5 N–H and O–H groups in total. The number of carbonyl (C=O) groups is 8. The van der Waals surface area contributed by atoms with Gasteiger partial charge in [0.1, 0.15) is 12.2 Å². The Morgan fingerprint density at radius 2 is 0.530 bits per heavy atom. The molecule has 0 radical (unpaired) electrons. The van der Waals surface area contributed by atoms with Gasteiger partial charge in [0.15, 0.2) is 0 Å². The molecule has 0 aromatic heterocycles.